The van der Waals surface area contributed by atoms with Crippen molar-refractivity contribution in [2.24, 2.45) is 5.92 Å². The molecule has 1 N–H and O–H groups in total. The molecule has 1 saturated heterocycles. The van der Waals surface area contributed by atoms with Gasteiger partial charge in [-0.05, 0) is 48.6 Å². The Hall–Kier alpha value is -1.90. The van der Waals surface area contributed by atoms with E-state index in [1.807, 2.05) is 31.2 Å². The molecule has 8 heteroatoms. The van der Waals surface area contributed by atoms with Gasteiger partial charge in [0, 0.05) is 25.2 Å². The fraction of sp³-hybridized carbons (Fsp3) is 0.353. The Bertz CT molecular complexity index is 817. The third-order valence-electron chi connectivity index (χ3n) is 3.99. The number of benzene rings is 1. The summed E-state index contributed by atoms with van der Waals surface area (Å²) in [6, 6.07) is 10.6. The fourth-order valence-corrected chi connectivity index (χ4v) is 4.93. The quantitative estimate of drug-likeness (QED) is 0.801. The van der Waals surface area contributed by atoms with Gasteiger partial charge in [-0.2, -0.15) is 0 Å². The van der Waals surface area contributed by atoms with Gasteiger partial charge in [-0.25, -0.2) is 13.1 Å². The first-order valence-electron chi connectivity index (χ1n) is 8.06. The van der Waals surface area contributed by atoms with E-state index in [4.69, 9.17) is 4.74 Å². The van der Waals surface area contributed by atoms with E-state index >= 15 is 0 Å². The molecule has 2 heterocycles. The van der Waals surface area contributed by atoms with Crippen LogP contribution in [0.3, 0.4) is 0 Å². The molecule has 1 amide bonds. The van der Waals surface area contributed by atoms with Gasteiger partial charge in [0.25, 0.3) is 0 Å². The second-order valence-electron chi connectivity index (χ2n) is 5.79. The van der Waals surface area contributed by atoms with Crippen LogP contribution in [0.5, 0.6) is 5.75 Å². The highest BCUT2D eigenvalue weighted by molar-refractivity contribution is 7.91. The summed E-state index contributed by atoms with van der Waals surface area (Å²) in [5.74, 6) is 0.719. The van der Waals surface area contributed by atoms with E-state index in [-0.39, 0.29) is 18.4 Å². The van der Waals surface area contributed by atoms with Gasteiger partial charge in [0.15, 0.2) is 0 Å². The number of hydrogen-bond acceptors (Lipinski definition) is 5. The number of ether oxygens (including phenoxy) is 1. The Kier molecular flexibility index (Phi) is 5.41. The number of amides is 1. The zero-order valence-electron chi connectivity index (χ0n) is 13.8. The summed E-state index contributed by atoms with van der Waals surface area (Å²) in [6.07, 6.45) is 0.334. The number of hydrogen-bond donors (Lipinski definition) is 1. The summed E-state index contributed by atoms with van der Waals surface area (Å²) in [5, 5.41) is 1.72. The Balaban J connectivity index is 1.60. The second kappa shape index (κ2) is 7.55. The molecular weight excluding hydrogens is 360 g/mol. The lowest BCUT2D eigenvalue weighted by atomic mass is 10.1. The van der Waals surface area contributed by atoms with Gasteiger partial charge < -0.3 is 9.64 Å². The molecule has 3 rings (SSSR count). The van der Waals surface area contributed by atoms with E-state index in [0.29, 0.717) is 23.8 Å². The molecule has 1 fully saturated rings. The summed E-state index contributed by atoms with van der Waals surface area (Å²) in [4.78, 5) is 14.0. The minimum atomic E-state index is -3.49. The lowest BCUT2D eigenvalue weighted by Crippen LogP contribution is -2.31. The Labute approximate surface area is 151 Å². The average molecular weight is 380 g/mol. The smallest absolute Gasteiger partial charge is 0.250 e. The van der Waals surface area contributed by atoms with E-state index in [2.05, 4.69) is 4.72 Å². The molecule has 1 unspecified atom stereocenters. The van der Waals surface area contributed by atoms with Gasteiger partial charge in [0.1, 0.15) is 9.96 Å². The maximum atomic E-state index is 12.3. The molecule has 1 aliphatic rings. The number of thiophene rings is 1. The average Bonchev–Trinajstić information content (AvgIpc) is 3.24. The molecule has 0 spiro atoms. The van der Waals surface area contributed by atoms with Crippen molar-refractivity contribution in [1.29, 1.82) is 0 Å². The Morgan fingerprint density at radius 1 is 1.28 bits per heavy atom. The van der Waals surface area contributed by atoms with E-state index in [9.17, 15) is 13.2 Å². The van der Waals surface area contributed by atoms with Crippen molar-refractivity contribution in [2.45, 2.75) is 17.6 Å². The number of carbonyl (C=O) groups is 1. The summed E-state index contributed by atoms with van der Waals surface area (Å²) >= 11 is 1.18. The largest absolute Gasteiger partial charge is 0.494 e. The molecule has 134 valence electrons. The van der Waals surface area contributed by atoms with Crippen molar-refractivity contribution < 1.29 is 17.9 Å². The SMILES string of the molecule is CCOc1ccc(N2CC(CNS(=O)(=O)c3cccs3)CC2=O)cc1. The minimum Gasteiger partial charge on any atom is -0.494 e. The molecule has 1 aliphatic heterocycles. The fourth-order valence-electron chi connectivity index (χ4n) is 2.77. The van der Waals surface area contributed by atoms with Crippen LogP contribution >= 0.6 is 11.3 Å². The minimum absolute atomic E-state index is 0.00415. The maximum Gasteiger partial charge on any atom is 0.250 e. The van der Waals surface area contributed by atoms with Gasteiger partial charge in [-0.15, -0.1) is 11.3 Å². The molecule has 0 bridgehead atoms. The van der Waals surface area contributed by atoms with Crippen LogP contribution in [-0.2, 0) is 14.8 Å². The van der Waals surface area contributed by atoms with Crippen LogP contribution < -0.4 is 14.4 Å². The van der Waals surface area contributed by atoms with Crippen molar-refractivity contribution in [1.82, 2.24) is 4.72 Å². The first kappa shape index (κ1) is 17.9. The van der Waals surface area contributed by atoms with Crippen LogP contribution in [0.2, 0.25) is 0 Å². The van der Waals surface area contributed by atoms with Crippen LogP contribution in [0.15, 0.2) is 46.0 Å². The van der Waals surface area contributed by atoms with Crippen molar-refractivity contribution in [3.8, 4) is 5.75 Å². The second-order valence-corrected chi connectivity index (χ2v) is 8.73. The molecule has 2 aromatic rings. The number of anilines is 1. The van der Waals surface area contributed by atoms with Crippen LogP contribution in [0.25, 0.3) is 0 Å². The molecule has 0 radical (unpaired) electrons. The molecule has 1 aromatic carbocycles. The Morgan fingerprint density at radius 3 is 2.68 bits per heavy atom. The lowest BCUT2D eigenvalue weighted by molar-refractivity contribution is -0.117. The third-order valence-corrected chi connectivity index (χ3v) is 6.81. The standard InChI is InChI=1S/C17H20N2O4S2/c1-2-23-15-7-5-14(6-8-15)19-12-13(10-16(19)20)11-18-25(21,22)17-4-3-9-24-17/h3-9,13,18H,2,10-12H2,1H3. The third kappa shape index (κ3) is 4.20. The van der Waals surface area contributed by atoms with Crippen molar-refractivity contribution in [3.63, 3.8) is 0 Å². The first-order chi connectivity index (χ1) is 12.0. The predicted molar refractivity (Wildman–Crippen MR) is 97.6 cm³/mol. The van der Waals surface area contributed by atoms with Crippen LogP contribution in [0.4, 0.5) is 5.69 Å². The molecule has 0 saturated carbocycles. The van der Waals surface area contributed by atoms with E-state index < -0.39 is 10.0 Å². The molecular formula is C17H20N2O4S2. The van der Waals surface area contributed by atoms with Crippen molar-refractivity contribution >= 4 is 33.0 Å². The molecule has 1 atom stereocenters. The Morgan fingerprint density at radius 2 is 2.04 bits per heavy atom. The topological polar surface area (TPSA) is 75.7 Å². The predicted octanol–water partition coefficient (Wildman–Crippen LogP) is 2.48. The zero-order chi connectivity index (χ0) is 17.9. The number of sulfonamides is 1. The highest BCUT2D eigenvalue weighted by Gasteiger charge is 2.31. The normalized spacial score (nSPS) is 17.9. The highest BCUT2D eigenvalue weighted by atomic mass is 32.2. The van der Waals surface area contributed by atoms with Crippen molar-refractivity contribution in [3.05, 3.63) is 41.8 Å². The summed E-state index contributed by atoms with van der Waals surface area (Å²) in [5.41, 5.74) is 0.803. The molecule has 6 nitrogen and oxygen atoms in total. The van der Waals surface area contributed by atoms with Crippen LogP contribution in [0.1, 0.15) is 13.3 Å². The number of nitrogens with zero attached hydrogens (tertiary/aromatic N) is 1. The van der Waals surface area contributed by atoms with Gasteiger partial charge in [-0.3, -0.25) is 4.79 Å². The summed E-state index contributed by atoms with van der Waals surface area (Å²) in [6.45, 7) is 3.26. The summed E-state index contributed by atoms with van der Waals surface area (Å²) in [7, 11) is -3.49. The summed E-state index contributed by atoms with van der Waals surface area (Å²) < 4.78 is 32.6. The van der Waals surface area contributed by atoms with Crippen molar-refractivity contribution in [2.75, 3.05) is 24.6 Å². The number of rotatable bonds is 7. The van der Waals surface area contributed by atoms with E-state index in [1.54, 1.807) is 22.4 Å². The molecule has 1 aromatic heterocycles. The number of carbonyl (C=O) groups excluding carboxylic acids is 1. The monoisotopic (exact) mass is 380 g/mol. The zero-order valence-corrected chi connectivity index (χ0v) is 15.5. The molecule has 25 heavy (non-hydrogen) atoms. The van der Waals surface area contributed by atoms with Gasteiger partial charge >= 0.3 is 0 Å². The van der Waals surface area contributed by atoms with Crippen LogP contribution in [0, 0.1) is 5.92 Å². The highest BCUT2D eigenvalue weighted by Crippen LogP contribution is 2.27. The van der Waals surface area contributed by atoms with Gasteiger partial charge in [0.2, 0.25) is 15.9 Å². The molecule has 0 aliphatic carbocycles. The van der Waals surface area contributed by atoms with E-state index in [1.165, 1.54) is 11.3 Å². The maximum absolute atomic E-state index is 12.3. The van der Waals surface area contributed by atoms with E-state index in [0.717, 1.165) is 11.4 Å². The first-order valence-corrected chi connectivity index (χ1v) is 10.4. The number of nitrogens with one attached hydrogen (secondary N) is 1. The van der Waals surface area contributed by atoms with Gasteiger partial charge in [-0.1, -0.05) is 6.07 Å². The van der Waals surface area contributed by atoms with Crippen LogP contribution in [-0.4, -0.2) is 34.0 Å². The lowest BCUT2D eigenvalue weighted by Gasteiger charge is -2.17. The van der Waals surface area contributed by atoms with Gasteiger partial charge in [0.05, 0.1) is 6.61 Å².